The van der Waals surface area contributed by atoms with Crippen LogP contribution >= 0.6 is 10.7 Å². The SMILES string of the molecule is CC(C)C(COc1cc(F)ccc1[N+](=O)[O-])CS(=O)(=O)Cl. The van der Waals surface area contributed by atoms with Crippen molar-refractivity contribution < 1.29 is 22.5 Å². The van der Waals surface area contributed by atoms with Crippen molar-refractivity contribution in [2.75, 3.05) is 12.4 Å². The van der Waals surface area contributed by atoms with Gasteiger partial charge in [0.25, 0.3) is 0 Å². The van der Waals surface area contributed by atoms with E-state index in [4.69, 9.17) is 15.4 Å². The zero-order chi connectivity index (χ0) is 16.2. The van der Waals surface area contributed by atoms with E-state index in [0.29, 0.717) is 0 Å². The second-order valence-corrected chi connectivity index (χ2v) is 7.71. The van der Waals surface area contributed by atoms with Crippen molar-refractivity contribution in [2.45, 2.75) is 13.8 Å². The topological polar surface area (TPSA) is 86.5 Å². The highest BCUT2D eigenvalue weighted by atomic mass is 35.7. The van der Waals surface area contributed by atoms with E-state index in [1.54, 1.807) is 13.8 Å². The molecule has 1 rings (SSSR count). The van der Waals surface area contributed by atoms with E-state index < -0.39 is 25.7 Å². The number of benzene rings is 1. The maximum atomic E-state index is 13.1. The van der Waals surface area contributed by atoms with E-state index in [1.165, 1.54) is 0 Å². The molecule has 0 fully saturated rings. The van der Waals surface area contributed by atoms with Gasteiger partial charge < -0.3 is 4.74 Å². The van der Waals surface area contributed by atoms with Crippen molar-refractivity contribution >= 4 is 25.4 Å². The first kappa shape index (κ1) is 17.6. The third-order valence-corrected chi connectivity index (χ3v) is 4.13. The maximum absolute atomic E-state index is 13.1. The molecular formula is C12H15ClFNO5S. The molecule has 0 aliphatic heterocycles. The predicted molar refractivity (Wildman–Crippen MR) is 76.5 cm³/mol. The van der Waals surface area contributed by atoms with Crippen molar-refractivity contribution in [1.29, 1.82) is 0 Å². The zero-order valence-electron chi connectivity index (χ0n) is 11.5. The molecule has 0 saturated carbocycles. The van der Waals surface area contributed by atoms with Gasteiger partial charge in [0.2, 0.25) is 9.05 Å². The predicted octanol–water partition coefficient (Wildman–Crippen LogP) is 2.95. The zero-order valence-corrected chi connectivity index (χ0v) is 13.0. The van der Waals surface area contributed by atoms with Crippen LogP contribution in [0.4, 0.5) is 10.1 Å². The summed E-state index contributed by atoms with van der Waals surface area (Å²) in [5, 5.41) is 10.8. The van der Waals surface area contributed by atoms with Gasteiger partial charge in [-0.15, -0.1) is 0 Å². The molecule has 0 amide bonds. The molecule has 0 saturated heterocycles. The van der Waals surface area contributed by atoms with Crippen LogP contribution in [0.5, 0.6) is 5.75 Å². The Morgan fingerprint density at radius 2 is 2.05 bits per heavy atom. The highest BCUT2D eigenvalue weighted by molar-refractivity contribution is 8.13. The summed E-state index contributed by atoms with van der Waals surface area (Å²) in [5.41, 5.74) is -0.382. The fraction of sp³-hybridized carbons (Fsp3) is 0.500. The Kier molecular flexibility index (Phi) is 5.91. The first-order valence-electron chi connectivity index (χ1n) is 6.09. The molecule has 1 atom stereocenters. The van der Waals surface area contributed by atoms with E-state index >= 15 is 0 Å². The fourth-order valence-electron chi connectivity index (χ4n) is 1.64. The Balaban J connectivity index is 2.90. The molecule has 0 N–H and O–H groups in total. The Hall–Kier alpha value is -1.41. The number of nitrogens with zero attached hydrogens (tertiary/aromatic N) is 1. The third-order valence-electron chi connectivity index (χ3n) is 2.93. The van der Waals surface area contributed by atoms with Gasteiger partial charge in [0.1, 0.15) is 5.82 Å². The number of ether oxygens (including phenoxy) is 1. The van der Waals surface area contributed by atoms with Crippen LogP contribution < -0.4 is 4.74 Å². The first-order valence-corrected chi connectivity index (χ1v) is 8.57. The molecule has 0 aromatic heterocycles. The van der Waals surface area contributed by atoms with Crippen LogP contribution in [0.3, 0.4) is 0 Å². The van der Waals surface area contributed by atoms with Crippen molar-refractivity contribution in [3.8, 4) is 5.75 Å². The van der Waals surface area contributed by atoms with Gasteiger partial charge in [0.15, 0.2) is 5.75 Å². The van der Waals surface area contributed by atoms with Gasteiger partial charge in [-0.1, -0.05) is 13.8 Å². The number of halogens is 2. The first-order chi connectivity index (χ1) is 9.60. The largest absolute Gasteiger partial charge is 0.486 e. The normalized spacial score (nSPS) is 13.2. The summed E-state index contributed by atoms with van der Waals surface area (Å²) in [6, 6.07) is 2.84. The van der Waals surface area contributed by atoms with Crippen molar-refractivity contribution in [1.82, 2.24) is 0 Å². The lowest BCUT2D eigenvalue weighted by atomic mass is 9.99. The highest BCUT2D eigenvalue weighted by Crippen LogP contribution is 2.28. The Labute approximate surface area is 126 Å². The molecule has 0 radical (unpaired) electrons. The van der Waals surface area contributed by atoms with E-state index in [9.17, 15) is 22.9 Å². The van der Waals surface area contributed by atoms with Crippen molar-refractivity contribution in [3.63, 3.8) is 0 Å². The van der Waals surface area contributed by atoms with Gasteiger partial charge in [-0.2, -0.15) is 0 Å². The summed E-state index contributed by atoms with van der Waals surface area (Å²) in [7, 11) is 1.49. The monoisotopic (exact) mass is 339 g/mol. The van der Waals surface area contributed by atoms with Crippen LogP contribution in [0.15, 0.2) is 18.2 Å². The number of hydrogen-bond donors (Lipinski definition) is 0. The summed E-state index contributed by atoms with van der Waals surface area (Å²) in [4.78, 5) is 10.1. The fourth-order valence-corrected chi connectivity index (χ4v) is 3.12. The molecule has 0 heterocycles. The van der Waals surface area contributed by atoms with E-state index in [0.717, 1.165) is 18.2 Å². The van der Waals surface area contributed by atoms with Gasteiger partial charge in [0.05, 0.1) is 17.3 Å². The van der Waals surface area contributed by atoms with Crippen LogP contribution in [-0.2, 0) is 9.05 Å². The Morgan fingerprint density at radius 3 is 2.52 bits per heavy atom. The van der Waals surface area contributed by atoms with Gasteiger partial charge in [-0.3, -0.25) is 10.1 Å². The summed E-state index contributed by atoms with van der Waals surface area (Å²) >= 11 is 0. The van der Waals surface area contributed by atoms with E-state index in [2.05, 4.69) is 0 Å². The minimum absolute atomic E-state index is 0.0776. The molecule has 0 bridgehead atoms. The summed E-state index contributed by atoms with van der Waals surface area (Å²) in [5.74, 6) is -1.78. The molecular weight excluding hydrogens is 325 g/mol. The van der Waals surface area contributed by atoms with Crippen LogP contribution in [-0.4, -0.2) is 25.7 Å². The summed E-state index contributed by atoms with van der Waals surface area (Å²) in [6.45, 7) is 3.43. The molecule has 118 valence electrons. The van der Waals surface area contributed by atoms with Gasteiger partial charge in [-0.25, -0.2) is 12.8 Å². The minimum Gasteiger partial charge on any atom is -0.486 e. The lowest BCUT2D eigenvalue weighted by molar-refractivity contribution is -0.386. The van der Waals surface area contributed by atoms with Crippen molar-refractivity contribution in [2.24, 2.45) is 11.8 Å². The van der Waals surface area contributed by atoms with E-state index in [1.807, 2.05) is 0 Å². The number of hydrogen-bond acceptors (Lipinski definition) is 5. The minimum atomic E-state index is -3.72. The second kappa shape index (κ2) is 7.04. The quantitative estimate of drug-likeness (QED) is 0.433. The lowest BCUT2D eigenvalue weighted by Gasteiger charge is -2.19. The second-order valence-electron chi connectivity index (χ2n) is 4.89. The average molecular weight is 340 g/mol. The smallest absolute Gasteiger partial charge is 0.311 e. The number of nitro benzene ring substituents is 1. The molecule has 1 aromatic rings. The number of rotatable bonds is 7. The van der Waals surface area contributed by atoms with Crippen LogP contribution in [0.25, 0.3) is 0 Å². The molecule has 0 aliphatic carbocycles. The van der Waals surface area contributed by atoms with Crippen LogP contribution in [0.2, 0.25) is 0 Å². The Bertz CT molecular complexity index is 620. The molecule has 0 spiro atoms. The molecule has 9 heteroatoms. The van der Waals surface area contributed by atoms with Crippen LogP contribution in [0, 0.1) is 27.8 Å². The Morgan fingerprint density at radius 1 is 1.43 bits per heavy atom. The average Bonchev–Trinajstić information content (AvgIpc) is 2.32. The third kappa shape index (κ3) is 5.84. The summed E-state index contributed by atoms with van der Waals surface area (Å²) in [6.07, 6.45) is 0. The van der Waals surface area contributed by atoms with Crippen LogP contribution in [0.1, 0.15) is 13.8 Å². The van der Waals surface area contributed by atoms with Gasteiger partial charge in [0, 0.05) is 28.7 Å². The molecule has 0 aliphatic rings. The molecule has 1 aromatic carbocycles. The maximum Gasteiger partial charge on any atom is 0.311 e. The number of nitro groups is 1. The van der Waals surface area contributed by atoms with Gasteiger partial charge in [-0.05, 0) is 12.0 Å². The lowest BCUT2D eigenvalue weighted by Crippen LogP contribution is -2.24. The summed E-state index contributed by atoms with van der Waals surface area (Å²) < 4.78 is 40.6. The standard InChI is InChI=1S/C12H15ClFNO5S/c1-8(2)9(7-21(13,18)19)6-20-12-5-10(14)3-4-11(12)15(16)17/h3-5,8-9H,6-7H2,1-2H3. The van der Waals surface area contributed by atoms with Gasteiger partial charge >= 0.3 is 5.69 Å². The van der Waals surface area contributed by atoms with Crippen molar-refractivity contribution in [3.05, 3.63) is 34.1 Å². The molecule has 1 unspecified atom stereocenters. The van der Waals surface area contributed by atoms with E-state index in [-0.39, 0.29) is 29.7 Å². The highest BCUT2D eigenvalue weighted by Gasteiger charge is 2.23. The molecule has 21 heavy (non-hydrogen) atoms. The molecule has 6 nitrogen and oxygen atoms in total.